The monoisotopic (exact) mass is 288 g/mol. The van der Waals surface area contributed by atoms with Gasteiger partial charge in [0.15, 0.2) is 0 Å². The maximum Gasteiger partial charge on any atom is 0.240 e. The third-order valence-corrected chi connectivity index (χ3v) is 4.59. The Morgan fingerprint density at radius 3 is 2.84 bits per heavy atom. The second kappa shape index (κ2) is 5.54. The molecule has 7 heteroatoms. The highest BCUT2D eigenvalue weighted by Crippen LogP contribution is 2.20. The second-order valence-corrected chi connectivity index (χ2v) is 6.31. The summed E-state index contributed by atoms with van der Waals surface area (Å²) in [5, 5.41) is 0. The summed E-state index contributed by atoms with van der Waals surface area (Å²) >= 11 is 0. The molecule has 106 valence electrons. The van der Waals surface area contributed by atoms with Crippen LogP contribution in [0.25, 0.3) is 0 Å². The predicted octanol–water partition coefficient (Wildman–Crippen LogP) is 0.660. The van der Waals surface area contributed by atoms with Gasteiger partial charge in [0.05, 0.1) is 11.5 Å². The van der Waals surface area contributed by atoms with E-state index in [0.29, 0.717) is 19.6 Å². The average molecular weight is 288 g/mol. The number of rotatable bonds is 4. The van der Waals surface area contributed by atoms with Crippen molar-refractivity contribution in [3.05, 3.63) is 29.1 Å². The zero-order valence-corrected chi connectivity index (χ0v) is 11.5. The number of aryl methyl sites for hydroxylation is 1. The fraction of sp³-hybridized carbons (Fsp3) is 0.500. The van der Waals surface area contributed by atoms with Gasteiger partial charge in [-0.1, -0.05) is 0 Å². The van der Waals surface area contributed by atoms with E-state index in [1.807, 2.05) is 0 Å². The van der Waals surface area contributed by atoms with Crippen molar-refractivity contribution in [3.8, 4) is 0 Å². The minimum absolute atomic E-state index is 0.0391. The molecule has 1 aliphatic rings. The number of hydrogen-bond donors (Lipinski definition) is 2. The zero-order valence-electron chi connectivity index (χ0n) is 10.6. The topological polar surface area (TPSA) is 81.4 Å². The second-order valence-electron chi connectivity index (χ2n) is 4.60. The third-order valence-electron chi connectivity index (χ3n) is 3.09. The molecular weight excluding hydrogens is 271 g/mol. The quantitative estimate of drug-likeness (QED) is 0.853. The molecule has 0 spiro atoms. The molecule has 0 aliphatic carbocycles. The van der Waals surface area contributed by atoms with Crippen LogP contribution in [0.5, 0.6) is 0 Å². The zero-order chi connectivity index (χ0) is 14.0. The van der Waals surface area contributed by atoms with Crippen LogP contribution in [0.4, 0.5) is 4.39 Å². The van der Waals surface area contributed by atoms with E-state index in [1.165, 1.54) is 19.1 Å². The molecule has 0 aromatic heterocycles. The molecule has 1 aliphatic heterocycles. The first-order chi connectivity index (χ1) is 8.94. The third kappa shape index (κ3) is 3.11. The van der Waals surface area contributed by atoms with Gasteiger partial charge < -0.3 is 10.5 Å². The van der Waals surface area contributed by atoms with E-state index in [1.54, 1.807) is 0 Å². The van der Waals surface area contributed by atoms with Crippen LogP contribution in [0.3, 0.4) is 0 Å². The molecule has 3 N–H and O–H groups in total. The molecule has 1 aromatic rings. The van der Waals surface area contributed by atoms with Crippen molar-refractivity contribution in [1.29, 1.82) is 0 Å². The first-order valence-electron chi connectivity index (χ1n) is 6.03. The molecule has 1 aromatic carbocycles. The van der Waals surface area contributed by atoms with Crippen LogP contribution in [0.15, 0.2) is 17.0 Å². The molecule has 1 unspecified atom stereocenters. The van der Waals surface area contributed by atoms with Gasteiger partial charge in [-0.05, 0) is 31.0 Å². The summed E-state index contributed by atoms with van der Waals surface area (Å²) in [4.78, 5) is 0.0405. The summed E-state index contributed by atoms with van der Waals surface area (Å²) in [6.45, 7) is 2.39. The number of hydrogen-bond acceptors (Lipinski definition) is 4. The maximum atomic E-state index is 13.7. The number of benzene rings is 1. The number of sulfonamides is 1. The van der Waals surface area contributed by atoms with Crippen LogP contribution in [0, 0.1) is 12.7 Å². The molecular formula is C12H17FN2O3S. The summed E-state index contributed by atoms with van der Waals surface area (Å²) in [5.41, 5.74) is 5.89. The Bertz CT molecular complexity index is 569. The van der Waals surface area contributed by atoms with Crippen molar-refractivity contribution in [2.24, 2.45) is 5.73 Å². The van der Waals surface area contributed by atoms with E-state index >= 15 is 0 Å². The van der Waals surface area contributed by atoms with Crippen LogP contribution < -0.4 is 10.5 Å². The van der Waals surface area contributed by atoms with Crippen molar-refractivity contribution in [3.63, 3.8) is 0 Å². The Hall–Kier alpha value is -1.02. The van der Waals surface area contributed by atoms with Gasteiger partial charge in [0.2, 0.25) is 10.0 Å². The highest BCUT2D eigenvalue weighted by atomic mass is 32.2. The predicted molar refractivity (Wildman–Crippen MR) is 68.6 cm³/mol. The molecule has 0 saturated carbocycles. The van der Waals surface area contributed by atoms with Gasteiger partial charge in [-0.15, -0.1) is 0 Å². The summed E-state index contributed by atoms with van der Waals surface area (Å²) in [6.07, 6.45) is 0.642. The lowest BCUT2D eigenvalue weighted by molar-refractivity contribution is 0.192. The van der Waals surface area contributed by atoms with E-state index in [4.69, 9.17) is 10.5 Å². The van der Waals surface area contributed by atoms with Crippen molar-refractivity contribution in [2.45, 2.75) is 30.8 Å². The first-order valence-corrected chi connectivity index (χ1v) is 7.51. The smallest absolute Gasteiger partial charge is 0.240 e. The van der Waals surface area contributed by atoms with Crippen molar-refractivity contribution in [2.75, 3.05) is 13.2 Å². The van der Waals surface area contributed by atoms with Gasteiger partial charge in [0.25, 0.3) is 0 Å². The van der Waals surface area contributed by atoms with E-state index in [2.05, 4.69) is 4.72 Å². The summed E-state index contributed by atoms with van der Waals surface area (Å²) < 4.78 is 45.7. The number of nitrogens with one attached hydrogen (secondary N) is 1. The largest absolute Gasteiger partial charge is 0.380 e. The molecule has 0 amide bonds. The highest BCUT2D eigenvalue weighted by Gasteiger charge is 2.24. The Labute approximate surface area is 112 Å². The number of halogens is 1. The lowest BCUT2D eigenvalue weighted by Gasteiger charge is -2.13. The minimum atomic E-state index is -3.67. The first kappa shape index (κ1) is 14.4. The normalized spacial score (nSPS) is 19.8. The van der Waals surface area contributed by atoms with Gasteiger partial charge in [-0.3, -0.25) is 0 Å². The molecule has 1 atom stereocenters. The molecule has 0 bridgehead atoms. The standard InChI is InChI=1S/C12H17FN2O3S/c1-8-4-11(5-9(6-14)12(8)13)19(16,17)15-10-2-3-18-7-10/h4-5,10,15H,2-3,6-7,14H2,1H3. The van der Waals surface area contributed by atoms with Crippen LogP contribution in [0.1, 0.15) is 17.5 Å². The van der Waals surface area contributed by atoms with E-state index < -0.39 is 15.8 Å². The molecule has 19 heavy (non-hydrogen) atoms. The Morgan fingerprint density at radius 1 is 1.53 bits per heavy atom. The van der Waals surface area contributed by atoms with Crippen molar-refractivity contribution < 1.29 is 17.5 Å². The average Bonchev–Trinajstić information content (AvgIpc) is 2.84. The fourth-order valence-corrected chi connectivity index (χ4v) is 3.42. The molecule has 0 radical (unpaired) electrons. The lowest BCUT2D eigenvalue weighted by Crippen LogP contribution is -2.35. The minimum Gasteiger partial charge on any atom is -0.380 e. The molecule has 1 heterocycles. The van der Waals surface area contributed by atoms with Gasteiger partial charge >= 0.3 is 0 Å². The Kier molecular flexibility index (Phi) is 4.19. The van der Waals surface area contributed by atoms with Crippen LogP contribution in [-0.4, -0.2) is 27.7 Å². The lowest BCUT2D eigenvalue weighted by atomic mass is 10.1. The van der Waals surface area contributed by atoms with E-state index in [9.17, 15) is 12.8 Å². The van der Waals surface area contributed by atoms with Gasteiger partial charge in [0, 0.05) is 24.8 Å². The summed E-state index contributed by atoms with van der Waals surface area (Å²) in [7, 11) is -3.67. The van der Waals surface area contributed by atoms with Crippen LogP contribution in [-0.2, 0) is 21.3 Å². The summed E-state index contributed by atoms with van der Waals surface area (Å²) in [6, 6.07) is 2.37. The SMILES string of the molecule is Cc1cc(S(=O)(=O)NC2CCOC2)cc(CN)c1F. The van der Waals surface area contributed by atoms with Gasteiger partial charge in [-0.2, -0.15) is 0 Å². The number of ether oxygens (including phenoxy) is 1. The Morgan fingerprint density at radius 2 is 2.26 bits per heavy atom. The molecule has 2 rings (SSSR count). The highest BCUT2D eigenvalue weighted by molar-refractivity contribution is 7.89. The van der Waals surface area contributed by atoms with Gasteiger partial charge in [-0.25, -0.2) is 17.5 Å². The van der Waals surface area contributed by atoms with Crippen LogP contribution >= 0.6 is 0 Å². The molecule has 1 saturated heterocycles. The van der Waals surface area contributed by atoms with Gasteiger partial charge in [0.1, 0.15) is 5.82 Å². The Balaban J connectivity index is 2.31. The maximum absolute atomic E-state index is 13.7. The summed E-state index contributed by atoms with van der Waals surface area (Å²) in [5.74, 6) is -0.453. The van der Waals surface area contributed by atoms with E-state index in [-0.39, 0.29) is 28.6 Å². The molecule has 1 fully saturated rings. The fourth-order valence-electron chi connectivity index (χ4n) is 2.03. The van der Waals surface area contributed by atoms with Crippen molar-refractivity contribution in [1.82, 2.24) is 4.72 Å². The molecule has 5 nitrogen and oxygen atoms in total. The van der Waals surface area contributed by atoms with Crippen LogP contribution in [0.2, 0.25) is 0 Å². The van der Waals surface area contributed by atoms with E-state index in [0.717, 1.165) is 0 Å². The number of nitrogens with two attached hydrogens (primary N) is 1. The van der Waals surface area contributed by atoms with Crippen molar-refractivity contribution >= 4 is 10.0 Å².